The molecule has 0 aromatic rings. The molecule has 0 aromatic carbocycles. The van der Waals surface area contributed by atoms with Crippen molar-refractivity contribution in [2.24, 2.45) is 11.8 Å². The van der Waals surface area contributed by atoms with E-state index in [4.69, 9.17) is 32.7 Å². The maximum absolute atomic E-state index is 13.0. The number of aliphatic hydroxyl groups excluding tert-OH is 8. The Morgan fingerprint density at radius 1 is 0.421 bits per heavy atom. The van der Waals surface area contributed by atoms with E-state index in [1.807, 2.05) is 6.92 Å². The number of phosphoric ester groups is 1. The van der Waals surface area contributed by atoms with E-state index >= 15 is 0 Å². The summed E-state index contributed by atoms with van der Waals surface area (Å²) in [6.45, 7) is 25.5. The summed E-state index contributed by atoms with van der Waals surface area (Å²) in [5.74, 6) is -2.77. The first kappa shape index (κ1) is 85.4. The molecule has 3 aliphatic rings. The number of carboxylic acid groups (broad SMARTS) is 2. The zero-order chi connectivity index (χ0) is 71.0. The summed E-state index contributed by atoms with van der Waals surface area (Å²) in [6.07, 6.45) is 12.6. The minimum Gasteiger partial charge on any atom is -0.479 e. The molecule has 17 atom stereocenters. The molecule has 0 radical (unpaired) electrons. The lowest BCUT2D eigenvalue weighted by atomic mass is 9.96. The Labute approximate surface area is 566 Å². The third-order valence-corrected chi connectivity index (χ3v) is 18.8. The molecule has 0 amide bonds. The van der Waals surface area contributed by atoms with E-state index in [1.165, 1.54) is 70.3 Å². The monoisotopic (exact) mass is 1360 g/mol. The number of aliphatic hydroxyl groups is 8. The van der Waals surface area contributed by atoms with Crippen LogP contribution in [0.25, 0.3) is 0 Å². The van der Waals surface area contributed by atoms with Crippen LogP contribution in [0.1, 0.15) is 224 Å². The van der Waals surface area contributed by atoms with Gasteiger partial charge in [0.2, 0.25) is 0 Å². The van der Waals surface area contributed by atoms with E-state index < -0.39 is 118 Å². The zero-order valence-electron chi connectivity index (χ0n) is 58.9. The highest BCUT2D eigenvalue weighted by Crippen LogP contribution is 2.47. The van der Waals surface area contributed by atoms with E-state index in [1.54, 1.807) is 5.57 Å². The summed E-state index contributed by atoms with van der Waals surface area (Å²) in [4.78, 5) is 34.4. The van der Waals surface area contributed by atoms with Gasteiger partial charge in [-0.3, -0.25) is 9.05 Å². The van der Waals surface area contributed by atoms with Crippen LogP contribution >= 0.6 is 7.82 Å². The summed E-state index contributed by atoms with van der Waals surface area (Å²) in [5.41, 5.74) is 13.0. The van der Waals surface area contributed by atoms with Crippen molar-refractivity contribution in [3.8, 4) is 0 Å². The Morgan fingerprint density at radius 3 is 1.14 bits per heavy atom. The molecular formula is C73H121O21P. The number of ether oxygens (including phenoxy) is 5. The number of carbonyl (C=O) groups is 2. The zero-order valence-corrected chi connectivity index (χ0v) is 59.8. The van der Waals surface area contributed by atoms with Crippen LogP contribution in [-0.2, 0) is 46.9 Å². The van der Waals surface area contributed by atoms with Crippen molar-refractivity contribution in [1.82, 2.24) is 0 Å². The molecule has 544 valence electrons. The van der Waals surface area contributed by atoms with Gasteiger partial charge in [0.15, 0.2) is 31.1 Å². The topological polar surface area (TPSA) is 338 Å². The van der Waals surface area contributed by atoms with Gasteiger partial charge in [0.25, 0.3) is 0 Å². The lowest BCUT2D eigenvalue weighted by Gasteiger charge is -2.47. The quantitative estimate of drug-likeness (QED) is 0.0199. The minimum absolute atomic E-state index is 0.0764. The van der Waals surface area contributed by atoms with Crippen LogP contribution in [0, 0.1) is 11.8 Å². The van der Waals surface area contributed by atoms with Gasteiger partial charge in [-0.15, -0.1) is 0 Å². The lowest BCUT2D eigenvalue weighted by Crippen LogP contribution is -2.67. The number of aliphatic carboxylic acids is 2. The second-order valence-corrected chi connectivity index (χ2v) is 28.7. The lowest BCUT2D eigenvalue weighted by molar-refractivity contribution is -0.370. The number of carboxylic acids is 2. The molecular weight excluding hydrogens is 1240 g/mol. The molecule has 0 aliphatic carbocycles. The van der Waals surface area contributed by atoms with Crippen molar-refractivity contribution in [2.45, 2.75) is 316 Å². The van der Waals surface area contributed by atoms with Gasteiger partial charge in [-0.2, -0.15) is 0 Å². The first-order valence-electron chi connectivity index (χ1n) is 34.5. The molecule has 0 bridgehead atoms. The Hall–Kier alpha value is -3.81. The SMILES string of the molecule is C/C(=C/CC/C(C)=C\CC/C(C)=C\CC/C(C)=C\CCC(C)CCOP(=O)(O)O[C@H]1O[C@H](CO)[C@@H](O[C@@H]2O[C@H](C(=O)O)[C@@H](O[C@H]3O[C@H](C(=O)O)[C@H](O)[C@H](O)[C@H]3O)[C@H](O)[C@H]2O)[C@H](O)[C@H]1O)CC/C=C(/C)CC/C=C(/C)CC/C=C(/C)CC/C=C(\C)CC/C=C(\C)CCCC(C)C. The van der Waals surface area contributed by atoms with Gasteiger partial charge >= 0.3 is 19.8 Å². The molecule has 21 nitrogen and oxygen atoms in total. The van der Waals surface area contributed by atoms with E-state index in [9.17, 15) is 70.1 Å². The molecule has 3 saturated heterocycles. The van der Waals surface area contributed by atoms with E-state index in [0.717, 1.165) is 115 Å². The van der Waals surface area contributed by atoms with Gasteiger partial charge in [-0.1, -0.05) is 132 Å². The highest BCUT2D eigenvalue weighted by atomic mass is 31.2. The number of rotatable bonds is 44. The molecule has 3 rings (SSSR count). The normalized spacial score (nSPS) is 29.3. The number of allylic oxidation sites excluding steroid dienone is 18. The number of hydrogen-bond acceptors (Lipinski definition) is 18. The molecule has 2 unspecified atom stereocenters. The third-order valence-electron chi connectivity index (χ3n) is 17.9. The maximum atomic E-state index is 13.0. The molecule has 3 heterocycles. The Kier molecular flexibility index (Phi) is 40.5. The third kappa shape index (κ3) is 32.8. The van der Waals surface area contributed by atoms with Gasteiger partial charge in [0, 0.05) is 0 Å². The number of hydrogen-bond donors (Lipinski definition) is 11. The molecule has 11 N–H and O–H groups in total. The highest BCUT2D eigenvalue weighted by molar-refractivity contribution is 7.47. The standard InChI is InChI=1S/C73H121O21P/c1-46(2)23-13-24-47(3)25-14-26-48(4)27-15-28-49(5)29-16-30-50(6)31-17-32-51(7)33-18-34-52(8)35-19-36-53(9)37-20-38-54(10)39-21-40-55(11)41-22-42-56(12)43-44-88-95(86,87)94-73-64(81)60(77)65(57(45-74)89-73)90-72-63(80)61(78)66(68(93-72)70(84)85)91-71-62(79)58(75)59(76)67(92-71)69(82)83/h25,27,29,31,33,35,37,39,41,46,56-68,71-81H,13-24,26,28,30,32,34,36,38,40,42-45H2,1-12H3,(H,82,83)(H,84,85)(H,86,87)/b47-25+,48-27+,49-29-,50-31-,51-33-,52-35-,53-37-,54-39-,55-41-/t56?,57-,58+,59-,60-,61-,62-,63-,64-,65-,66+,67+,68+,71+,72-,73-/m1/s1. The first-order chi connectivity index (χ1) is 44.8. The molecule has 3 fully saturated rings. The van der Waals surface area contributed by atoms with E-state index in [0.29, 0.717) is 6.42 Å². The van der Waals surface area contributed by atoms with Crippen LogP contribution in [0.2, 0.25) is 0 Å². The maximum Gasteiger partial charge on any atom is 0.474 e. The average Bonchev–Trinajstić information content (AvgIpc) is 0.779. The van der Waals surface area contributed by atoms with Crippen molar-refractivity contribution in [2.75, 3.05) is 13.2 Å². The summed E-state index contributed by atoms with van der Waals surface area (Å²) in [6, 6.07) is 0. The van der Waals surface area contributed by atoms with Crippen LogP contribution in [0.5, 0.6) is 0 Å². The van der Waals surface area contributed by atoms with Gasteiger partial charge in [-0.05, 0) is 209 Å². The largest absolute Gasteiger partial charge is 0.479 e. The second-order valence-electron chi connectivity index (χ2n) is 27.3. The van der Waals surface area contributed by atoms with Crippen molar-refractivity contribution in [3.63, 3.8) is 0 Å². The number of phosphoric acid groups is 1. The van der Waals surface area contributed by atoms with E-state index in [-0.39, 0.29) is 12.5 Å². The fourth-order valence-corrected chi connectivity index (χ4v) is 12.3. The molecule has 95 heavy (non-hydrogen) atoms. The fraction of sp³-hybridized carbons (Fsp3) is 0.726. The van der Waals surface area contributed by atoms with Gasteiger partial charge in [-0.25, -0.2) is 14.2 Å². The average molecular weight is 1370 g/mol. The molecule has 22 heteroatoms. The van der Waals surface area contributed by atoms with Crippen LogP contribution in [0.4, 0.5) is 0 Å². The summed E-state index contributed by atoms with van der Waals surface area (Å²) in [7, 11) is -4.97. The van der Waals surface area contributed by atoms with Gasteiger partial charge < -0.3 is 79.6 Å². The van der Waals surface area contributed by atoms with Crippen LogP contribution in [0.3, 0.4) is 0 Å². The van der Waals surface area contributed by atoms with Crippen molar-refractivity contribution >= 4 is 19.8 Å². The van der Waals surface area contributed by atoms with Crippen molar-refractivity contribution < 1.29 is 103 Å². The van der Waals surface area contributed by atoms with Crippen LogP contribution in [-0.4, -0.2) is 173 Å². The summed E-state index contributed by atoms with van der Waals surface area (Å²) >= 11 is 0. The van der Waals surface area contributed by atoms with Crippen molar-refractivity contribution in [1.29, 1.82) is 0 Å². The predicted octanol–water partition coefficient (Wildman–Crippen LogP) is 12.1. The second kappa shape index (κ2) is 45.1. The summed E-state index contributed by atoms with van der Waals surface area (Å²) in [5, 5.41) is 104. The van der Waals surface area contributed by atoms with E-state index in [2.05, 4.69) is 131 Å². The van der Waals surface area contributed by atoms with Crippen LogP contribution < -0.4 is 0 Å². The highest BCUT2D eigenvalue weighted by Gasteiger charge is 2.56. The van der Waals surface area contributed by atoms with Crippen LogP contribution in [0.15, 0.2) is 105 Å². The molecule has 0 aromatic heterocycles. The van der Waals surface area contributed by atoms with Gasteiger partial charge in [0.05, 0.1) is 13.2 Å². The Morgan fingerprint density at radius 2 is 0.758 bits per heavy atom. The molecule has 0 saturated carbocycles. The summed E-state index contributed by atoms with van der Waals surface area (Å²) < 4.78 is 49.8. The van der Waals surface area contributed by atoms with Crippen molar-refractivity contribution in [3.05, 3.63) is 105 Å². The predicted molar refractivity (Wildman–Crippen MR) is 366 cm³/mol. The minimum atomic E-state index is -4.97. The Balaban J connectivity index is 1.29. The molecule has 3 aliphatic heterocycles. The molecule has 0 spiro atoms. The fourth-order valence-electron chi connectivity index (χ4n) is 11.4. The first-order valence-corrected chi connectivity index (χ1v) is 36.0. The van der Waals surface area contributed by atoms with Gasteiger partial charge in [0.1, 0.15) is 61.0 Å². The Bertz CT molecular complexity index is 2630. The smallest absolute Gasteiger partial charge is 0.474 e.